The molecule has 0 aliphatic heterocycles. The highest BCUT2D eigenvalue weighted by molar-refractivity contribution is 7.26. The summed E-state index contributed by atoms with van der Waals surface area (Å²) in [5.74, 6) is 0. The van der Waals surface area contributed by atoms with Crippen molar-refractivity contribution in [1.29, 1.82) is 0 Å². The maximum Gasteiger partial charge on any atom is 0.0716 e. The molecule has 0 amide bonds. The van der Waals surface area contributed by atoms with Gasteiger partial charge in [-0.05, 0) is 99.1 Å². The Labute approximate surface area is 346 Å². The molecule has 0 atom stereocenters. The van der Waals surface area contributed by atoms with Crippen molar-refractivity contribution in [3.63, 3.8) is 0 Å². The second-order valence-corrected chi connectivity index (χ2v) is 16.1. The maximum absolute atomic E-state index is 5.15. The van der Waals surface area contributed by atoms with Crippen LogP contribution in [0.1, 0.15) is 16.7 Å². The van der Waals surface area contributed by atoms with E-state index in [0.717, 1.165) is 33.8 Å². The van der Waals surface area contributed by atoms with Gasteiger partial charge in [-0.15, -0.1) is 11.3 Å². The van der Waals surface area contributed by atoms with Crippen molar-refractivity contribution in [2.45, 2.75) is 6.54 Å². The Balaban J connectivity index is 1.12. The molecule has 0 saturated carbocycles. The lowest BCUT2D eigenvalue weighted by Gasteiger charge is -2.11. The first-order valence-electron chi connectivity index (χ1n) is 19.9. The van der Waals surface area contributed by atoms with E-state index in [2.05, 4.69) is 192 Å². The third-order valence-corrected chi connectivity index (χ3v) is 12.7. The van der Waals surface area contributed by atoms with Crippen molar-refractivity contribution in [3.05, 3.63) is 217 Å². The van der Waals surface area contributed by atoms with E-state index >= 15 is 0 Å². The van der Waals surface area contributed by atoms with Gasteiger partial charge in [-0.3, -0.25) is 9.98 Å². The monoisotopic (exact) mass is 771 g/mol. The third-order valence-electron chi connectivity index (χ3n) is 11.6. The van der Waals surface area contributed by atoms with Gasteiger partial charge in [-0.25, -0.2) is 0 Å². The number of allylic oxidation sites excluding steroid dienone is 1. The van der Waals surface area contributed by atoms with Crippen molar-refractivity contribution >= 4 is 93.0 Å². The molecule has 3 nitrogen and oxygen atoms in total. The van der Waals surface area contributed by atoms with Gasteiger partial charge >= 0.3 is 0 Å². The first kappa shape index (κ1) is 34.8. The van der Waals surface area contributed by atoms with Crippen molar-refractivity contribution in [2.75, 3.05) is 0 Å². The number of thiophene rings is 1. The lowest BCUT2D eigenvalue weighted by atomic mass is 9.96. The normalized spacial score (nSPS) is 12.4. The Kier molecular flexibility index (Phi) is 8.57. The zero-order valence-electron chi connectivity index (χ0n) is 32.2. The van der Waals surface area contributed by atoms with E-state index in [4.69, 9.17) is 4.99 Å². The fourth-order valence-corrected chi connectivity index (χ4v) is 9.87. The molecular weight excluding hydrogens is 735 g/mol. The SMILES string of the molecule is C=N/C(=C\C(=NCc1ccccc1)c1ccc(-n2c3ccc4ccccc4c3c3c4c(ccc32)sc2ccc(-c3cccc5ccccc35)cc24)cc1)c1ccccc1. The van der Waals surface area contributed by atoms with Crippen LogP contribution in [0.5, 0.6) is 0 Å². The topological polar surface area (TPSA) is 29.6 Å². The molecule has 0 aliphatic rings. The van der Waals surface area contributed by atoms with Gasteiger partial charge in [0.05, 0.1) is 29.0 Å². The van der Waals surface area contributed by atoms with Crippen LogP contribution in [0.3, 0.4) is 0 Å². The number of aliphatic imine (C=N–C) groups is 2. The molecule has 0 spiro atoms. The van der Waals surface area contributed by atoms with E-state index < -0.39 is 0 Å². The van der Waals surface area contributed by atoms with E-state index in [9.17, 15) is 0 Å². The molecule has 11 aromatic rings. The van der Waals surface area contributed by atoms with E-state index in [0.29, 0.717) is 6.54 Å². The quantitative estimate of drug-likeness (QED) is 0.138. The minimum atomic E-state index is 0.556. The molecule has 0 bridgehead atoms. The second-order valence-electron chi connectivity index (χ2n) is 15.0. The molecule has 0 unspecified atom stereocenters. The summed E-state index contributed by atoms with van der Waals surface area (Å²) >= 11 is 1.88. The zero-order valence-corrected chi connectivity index (χ0v) is 33.0. The van der Waals surface area contributed by atoms with Crippen LogP contribution in [-0.4, -0.2) is 17.0 Å². The fraction of sp³-hybridized carbons (Fsp3) is 0.0182. The van der Waals surface area contributed by atoms with Crippen LogP contribution in [-0.2, 0) is 6.54 Å². The summed E-state index contributed by atoms with van der Waals surface area (Å²) in [6.45, 7) is 4.48. The largest absolute Gasteiger partial charge is 0.309 e. The van der Waals surface area contributed by atoms with E-state index in [-0.39, 0.29) is 0 Å². The highest BCUT2D eigenvalue weighted by Gasteiger charge is 2.20. The average molecular weight is 772 g/mol. The zero-order chi connectivity index (χ0) is 39.3. The summed E-state index contributed by atoms with van der Waals surface area (Å²) < 4.78 is 5.03. The van der Waals surface area contributed by atoms with Gasteiger partial charge in [0, 0.05) is 42.2 Å². The van der Waals surface area contributed by atoms with Crippen LogP contribution in [0.15, 0.2) is 210 Å². The van der Waals surface area contributed by atoms with Crippen molar-refractivity contribution in [3.8, 4) is 16.8 Å². The van der Waals surface area contributed by atoms with Gasteiger partial charge in [0.2, 0.25) is 0 Å². The van der Waals surface area contributed by atoms with Gasteiger partial charge in [0.1, 0.15) is 0 Å². The minimum Gasteiger partial charge on any atom is -0.309 e. The molecule has 59 heavy (non-hydrogen) atoms. The number of hydrogen-bond acceptors (Lipinski definition) is 3. The van der Waals surface area contributed by atoms with Gasteiger partial charge in [0.15, 0.2) is 0 Å². The van der Waals surface area contributed by atoms with Gasteiger partial charge in [0.25, 0.3) is 0 Å². The van der Waals surface area contributed by atoms with Gasteiger partial charge in [-0.1, -0.05) is 152 Å². The highest BCUT2D eigenvalue weighted by Crippen LogP contribution is 2.46. The number of rotatable bonds is 8. The molecule has 278 valence electrons. The van der Waals surface area contributed by atoms with Crippen molar-refractivity contribution in [2.24, 2.45) is 9.98 Å². The number of aromatic nitrogens is 1. The molecular formula is C55H37N3S. The molecule has 0 saturated heterocycles. The van der Waals surface area contributed by atoms with E-state index in [1.165, 1.54) is 74.6 Å². The van der Waals surface area contributed by atoms with Gasteiger partial charge < -0.3 is 4.57 Å². The minimum absolute atomic E-state index is 0.556. The summed E-state index contributed by atoms with van der Waals surface area (Å²) in [6, 6.07) is 69.7. The maximum atomic E-state index is 5.15. The molecule has 4 heteroatoms. The van der Waals surface area contributed by atoms with E-state index in [1.807, 2.05) is 35.6 Å². The summed E-state index contributed by atoms with van der Waals surface area (Å²) in [4.78, 5) is 9.59. The predicted octanol–water partition coefficient (Wildman–Crippen LogP) is 14.9. The fourth-order valence-electron chi connectivity index (χ4n) is 8.78. The standard InChI is InChI=1S/C55H37N3S/c1-56-47(39-17-6-3-7-18-39)34-48(57-35-36-13-4-2-5-14-36)40-23-27-42(28-24-40)58-49-29-25-38-16-9-11-21-45(38)53(49)55-50(58)30-32-52-54(55)46-33-41(26-31-51(46)59-52)44-22-12-19-37-15-8-10-20-43(37)44/h2-34H,1,35H2/b47-34-,57-48?. The third kappa shape index (κ3) is 6.05. The summed E-state index contributed by atoms with van der Waals surface area (Å²) in [5, 5.41) is 10.2. The molecule has 0 N–H and O–H groups in total. The summed E-state index contributed by atoms with van der Waals surface area (Å²) in [7, 11) is 0. The average Bonchev–Trinajstić information content (AvgIpc) is 3.85. The smallest absolute Gasteiger partial charge is 0.0716 e. The molecule has 2 aromatic heterocycles. The van der Waals surface area contributed by atoms with Crippen LogP contribution in [0.2, 0.25) is 0 Å². The Morgan fingerprint density at radius 3 is 1.98 bits per heavy atom. The first-order chi connectivity index (χ1) is 29.2. The van der Waals surface area contributed by atoms with Crippen LogP contribution in [0.4, 0.5) is 0 Å². The molecule has 11 rings (SSSR count). The summed E-state index contributed by atoms with van der Waals surface area (Å²) in [5.41, 5.74) is 10.8. The Bertz CT molecular complexity index is 3460. The molecule has 0 fully saturated rings. The molecule has 0 aliphatic carbocycles. The number of hydrogen-bond donors (Lipinski definition) is 0. The lowest BCUT2D eigenvalue weighted by molar-refractivity contribution is 1.07. The first-order valence-corrected chi connectivity index (χ1v) is 20.8. The number of benzene rings is 9. The number of nitrogens with zero attached hydrogens (tertiary/aromatic N) is 3. The molecule has 2 heterocycles. The highest BCUT2D eigenvalue weighted by atomic mass is 32.1. The Morgan fingerprint density at radius 1 is 0.525 bits per heavy atom. The van der Waals surface area contributed by atoms with Crippen LogP contribution in [0, 0.1) is 0 Å². The molecule has 9 aromatic carbocycles. The summed E-state index contributed by atoms with van der Waals surface area (Å²) in [6.07, 6.45) is 2.05. The van der Waals surface area contributed by atoms with Crippen LogP contribution >= 0.6 is 11.3 Å². The Morgan fingerprint density at radius 2 is 1.19 bits per heavy atom. The van der Waals surface area contributed by atoms with Crippen LogP contribution in [0.25, 0.3) is 86.0 Å². The number of fused-ring (bicyclic) bond motifs is 10. The Hall–Kier alpha value is -7.40. The molecule has 0 radical (unpaired) electrons. The van der Waals surface area contributed by atoms with Gasteiger partial charge in [-0.2, -0.15) is 0 Å². The lowest BCUT2D eigenvalue weighted by Crippen LogP contribution is -2.01. The van der Waals surface area contributed by atoms with Crippen molar-refractivity contribution < 1.29 is 0 Å². The van der Waals surface area contributed by atoms with Crippen LogP contribution < -0.4 is 0 Å². The predicted molar refractivity (Wildman–Crippen MR) is 255 cm³/mol. The van der Waals surface area contributed by atoms with Crippen molar-refractivity contribution in [1.82, 2.24) is 4.57 Å². The second kappa shape index (κ2) is 14.5. The van der Waals surface area contributed by atoms with E-state index in [1.54, 1.807) is 0 Å².